The maximum absolute atomic E-state index is 12.9. The molecule has 2 amide bonds. The van der Waals surface area contributed by atoms with Gasteiger partial charge in [0.25, 0.3) is 5.92 Å². The minimum atomic E-state index is -3.01. The summed E-state index contributed by atoms with van der Waals surface area (Å²) in [7, 11) is 0. The molecule has 2 rings (SSSR count). The average molecular weight is 507 g/mol. The van der Waals surface area contributed by atoms with Crippen LogP contribution in [-0.4, -0.2) is 39.1 Å². The summed E-state index contributed by atoms with van der Waals surface area (Å²) in [5.41, 5.74) is -1.21. The lowest BCUT2D eigenvalue weighted by Crippen LogP contribution is -2.27. The molecular formula is C20H28F2N4O5S2. The Morgan fingerprint density at radius 2 is 1.24 bits per heavy atom. The smallest absolute Gasteiger partial charge is 0.413 e. The van der Waals surface area contributed by atoms with E-state index in [0.717, 1.165) is 18.3 Å². The van der Waals surface area contributed by atoms with Crippen LogP contribution in [0, 0.1) is 0 Å². The predicted molar refractivity (Wildman–Crippen MR) is 124 cm³/mol. The molecule has 0 aliphatic rings. The number of Topliss-reactive ketones (excluding diaryl/α,β-unsaturated/α-hetero) is 1. The van der Waals surface area contributed by atoms with Gasteiger partial charge in [-0.25, -0.2) is 19.6 Å². The lowest BCUT2D eigenvalue weighted by atomic mass is 10.2. The highest BCUT2D eigenvalue weighted by Gasteiger charge is 2.28. The van der Waals surface area contributed by atoms with E-state index in [1.807, 2.05) is 0 Å². The number of nitrogens with zero attached hydrogens (tertiary/aromatic N) is 2. The quantitative estimate of drug-likeness (QED) is 0.467. The molecule has 0 fully saturated rings. The van der Waals surface area contributed by atoms with E-state index in [2.05, 4.69) is 20.6 Å². The first-order chi connectivity index (χ1) is 14.9. The zero-order valence-corrected chi connectivity index (χ0v) is 21.3. The third kappa shape index (κ3) is 11.7. The fraction of sp³-hybridized carbons (Fsp3) is 0.550. The lowest BCUT2D eigenvalue weighted by molar-refractivity contribution is 0.0134. The van der Waals surface area contributed by atoms with Crippen molar-refractivity contribution in [2.45, 2.75) is 72.5 Å². The highest BCUT2D eigenvalue weighted by atomic mass is 32.1. The zero-order chi connectivity index (χ0) is 25.6. The Hall–Kier alpha value is -2.67. The Bertz CT molecular complexity index is 972. The van der Waals surface area contributed by atoms with Gasteiger partial charge in [-0.15, -0.1) is 22.7 Å². The summed E-state index contributed by atoms with van der Waals surface area (Å²) in [5.74, 6) is -3.14. The molecule has 0 atom stereocenters. The fourth-order valence-electron chi connectivity index (χ4n) is 1.81. The van der Waals surface area contributed by atoms with Crippen LogP contribution in [-0.2, 0) is 15.4 Å². The minimum Gasteiger partial charge on any atom is -0.444 e. The van der Waals surface area contributed by atoms with E-state index >= 15 is 0 Å². The van der Waals surface area contributed by atoms with Crippen LogP contribution in [0.3, 0.4) is 0 Å². The number of rotatable bonds is 4. The Labute approximate surface area is 198 Å². The largest absolute Gasteiger partial charge is 0.444 e. The van der Waals surface area contributed by atoms with Crippen molar-refractivity contribution in [1.82, 2.24) is 9.97 Å². The van der Waals surface area contributed by atoms with Crippen molar-refractivity contribution in [2.24, 2.45) is 0 Å². The number of halogens is 2. The van der Waals surface area contributed by atoms with E-state index in [-0.39, 0.29) is 16.6 Å². The normalized spacial score (nSPS) is 11.7. The zero-order valence-electron chi connectivity index (χ0n) is 19.7. The fourth-order valence-corrected chi connectivity index (χ4v) is 3.32. The van der Waals surface area contributed by atoms with Crippen LogP contribution in [0.15, 0.2) is 10.8 Å². The van der Waals surface area contributed by atoms with Crippen LogP contribution in [0.25, 0.3) is 0 Å². The lowest BCUT2D eigenvalue weighted by Gasteiger charge is -2.18. The molecule has 0 saturated heterocycles. The topological polar surface area (TPSA) is 120 Å². The van der Waals surface area contributed by atoms with E-state index in [4.69, 9.17) is 9.47 Å². The first-order valence-electron chi connectivity index (χ1n) is 9.66. The van der Waals surface area contributed by atoms with Gasteiger partial charge in [0.2, 0.25) is 0 Å². The molecule has 184 valence electrons. The number of alkyl halides is 2. The first-order valence-corrected chi connectivity index (χ1v) is 11.4. The number of amides is 2. The van der Waals surface area contributed by atoms with Crippen molar-refractivity contribution in [3.8, 4) is 0 Å². The van der Waals surface area contributed by atoms with Crippen molar-refractivity contribution >= 4 is 50.9 Å². The number of carbonyl (C=O) groups is 3. The van der Waals surface area contributed by atoms with Crippen molar-refractivity contribution < 1.29 is 32.6 Å². The molecule has 33 heavy (non-hydrogen) atoms. The van der Waals surface area contributed by atoms with Gasteiger partial charge in [-0.1, -0.05) is 0 Å². The Balaban J connectivity index is 0.000000331. The summed E-state index contributed by atoms with van der Waals surface area (Å²) in [6, 6.07) is 0. The van der Waals surface area contributed by atoms with Crippen LogP contribution in [0.2, 0.25) is 0 Å². The second-order valence-corrected chi connectivity index (χ2v) is 10.5. The number of hydrogen-bond acceptors (Lipinski definition) is 9. The summed E-state index contributed by atoms with van der Waals surface area (Å²) in [6.45, 7) is 12.6. The van der Waals surface area contributed by atoms with E-state index in [1.165, 1.54) is 23.6 Å². The van der Waals surface area contributed by atoms with Crippen LogP contribution in [0.1, 0.15) is 71.6 Å². The number of hydrogen-bond donors (Lipinski definition) is 2. The molecule has 0 bridgehead atoms. The molecule has 0 spiro atoms. The predicted octanol–water partition coefficient (Wildman–Crippen LogP) is 6.29. The summed E-state index contributed by atoms with van der Waals surface area (Å²) in [5, 5.41) is 8.02. The molecular weight excluding hydrogens is 478 g/mol. The minimum absolute atomic E-state index is 0.0933. The molecule has 0 unspecified atom stereocenters. The molecule has 0 saturated carbocycles. The third-order valence-electron chi connectivity index (χ3n) is 3.03. The van der Waals surface area contributed by atoms with Gasteiger partial charge in [-0.05, 0) is 41.5 Å². The van der Waals surface area contributed by atoms with Crippen LogP contribution in [0.5, 0.6) is 0 Å². The van der Waals surface area contributed by atoms with Gasteiger partial charge in [0, 0.05) is 24.6 Å². The van der Waals surface area contributed by atoms with Gasteiger partial charge in [0.15, 0.2) is 16.0 Å². The van der Waals surface area contributed by atoms with Gasteiger partial charge in [0.1, 0.15) is 22.6 Å². The average Bonchev–Trinajstić information content (AvgIpc) is 3.20. The van der Waals surface area contributed by atoms with Gasteiger partial charge in [-0.3, -0.25) is 15.4 Å². The third-order valence-corrected chi connectivity index (χ3v) is 4.55. The van der Waals surface area contributed by atoms with E-state index in [0.29, 0.717) is 10.8 Å². The van der Waals surface area contributed by atoms with Crippen molar-refractivity contribution in [3.63, 3.8) is 0 Å². The van der Waals surface area contributed by atoms with Gasteiger partial charge >= 0.3 is 12.2 Å². The molecule has 2 aromatic rings. The van der Waals surface area contributed by atoms with Gasteiger partial charge in [-0.2, -0.15) is 8.78 Å². The molecule has 0 aliphatic carbocycles. The Morgan fingerprint density at radius 1 is 0.818 bits per heavy atom. The maximum Gasteiger partial charge on any atom is 0.413 e. The number of ether oxygens (including phenoxy) is 2. The van der Waals surface area contributed by atoms with Crippen LogP contribution < -0.4 is 10.6 Å². The number of thiazole rings is 2. The van der Waals surface area contributed by atoms with Crippen molar-refractivity contribution in [2.75, 3.05) is 10.6 Å². The number of aromatic nitrogens is 2. The summed E-state index contributed by atoms with van der Waals surface area (Å²) in [4.78, 5) is 41.2. The molecule has 2 heterocycles. The molecule has 0 aromatic carbocycles. The molecule has 13 heteroatoms. The Kier molecular flexibility index (Phi) is 9.43. The molecule has 0 aliphatic heterocycles. The van der Waals surface area contributed by atoms with Gasteiger partial charge in [0.05, 0.1) is 0 Å². The number of anilines is 2. The molecule has 0 radical (unpaired) electrons. The second-order valence-electron chi connectivity index (χ2n) is 8.77. The van der Waals surface area contributed by atoms with E-state index in [1.54, 1.807) is 46.9 Å². The first kappa shape index (κ1) is 28.4. The monoisotopic (exact) mass is 506 g/mol. The van der Waals surface area contributed by atoms with E-state index in [9.17, 15) is 23.2 Å². The Morgan fingerprint density at radius 3 is 1.58 bits per heavy atom. The molecule has 9 nitrogen and oxygen atoms in total. The highest BCUT2D eigenvalue weighted by Crippen LogP contribution is 2.29. The SMILES string of the molecule is CC(=O)c1csc(NC(=O)OC(C)(C)C)n1.CC(C)(C)OC(=O)Nc1nc(C(C)(F)F)cs1. The van der Waals surface area contributed by atoms with E-state index < -0.39 is 29.3 Å². The summed E-state index contributed by atoms with van der Waals surface area (Å²) in [6.07, 6.45) is -1.28. The molecule has 2 N–H and O–H groups in total. The standard InChI is InChI=1S/C10H14F2N2O2S.C10H14N2O3S/c1-9(2,3)16-8(15)14-7-13-6(5-17-7)10(4,11)12;1-6(13)7-5-16-8(11-7)12-9(14)15-10(2,3)4/h5H,1-4H3,(H,13,14,15);5H,1-4H3,(H,11,12,14). The molecule has 2 aromatic heterocycles. The van der Waals surface area contributed by atoms with Crippen molar-refractivity contribution in [1.29, 1.82) is 0 Å². The second kappa shape index (κ2) is 11.0. The highest BCUT2D eigenvalue weighted by molar-refractivity contribution is 7.14. The number of ketones is 1. The van der Waals surface area contributed by atoms with Gasteiger partial charge < -0.3 is 9.47 Å². The summed E-state index contributed by atoms with van der Waals surface area (Å²) >= 11 is 2.12. The van der Waals surface area contributed by atoms with Crippen molar-refractivity contribution in [3.05, 3.63) is 22.1 Å². The maximum atomic E-state index is 12.9. The van der Waals surface area contributed by atoms with Crippen LogP contribution >= 0.6 is 22.7 Å². The summed E-state index contributed by atoms with van der Waals surface area (Å²) < 4.78 is 35.8. The number of carbonyl (C=O) groups excluding carboxylic acids is 3. The number of nitrogens with one attached hydrogen (secondary N) is 2. The van der Waals surface area contributed by atoms with Crippen LogP contribution in [0.4, 0.5) is 28.6 Å².